The number of hydrogen-bond donors (Lipinski definition) is 1. The lowest BCUT2D eigenvalue weighted by atomic mass is 10.1. The number of ether oxygens (including phenoxy) is 3. The third kappa shape index (κ3) is 2.33. The average molecular weight is 256 g/mol. The van der Waals surface area contributed by atoms with Gasteiger partial charge in [-0.15, -0.1) is 0 Å². The van der Waals surface area contributed by atoms with Crippen LogP contribution in [-0.2, 0) is 0 Å². The van der Waals surface area contributed by atoms with Crippen molar-refractivity contribution < 1.29 is 14.2 Å². The molecule has 1 aromatic rings. The van der Waals surface area contributed by atoms with E-state index in [1.807, 2.05) is 18.2 Å². The van der Waals surface area contributed by atoms with E-state index in [1.54, 1.807) is 7.11 Å². The van der Waals surface area contributed by atoms with Gasteiger partial charge in [-0.3, -0.25) is 0 Å². The number of rotatable bonds is 3. The Hall–Kier alpha value is -1.39. The highest BCUT2D eigenvalue weighted by atomic mass is 35.5. The van der Waals surface area contributed by atoms with Crippen molar-refractivity contribution in [3.8, 4) is 17.2 Å². The van der Waals surface area contributed by atoms with Gasteiger partial charge in [-0.25, -0.2) is 0 Å². The van der Waals surface area contributed by atoms with Crippen LogP contribution in [0.4, 0.5) is 0 Å². The summed E-state index contributed by atoms with van der Waals surface area (Å²) in [6.45, 7) is 1.47. The van der Waals surface area contributed by atoms with Crippen molar-refractivity contribution in [3.63, 3.8) is 0 Å². The molecule has 4 nitrogen and oxygen atoms in total. The molecule has 2 rings (SSSR count). The zero-order valence-electron chi connectivity index (χ0n) is 9.53. The average Bonchev–Trinajstić information content (AvgIpc) is 2.36. The van der Waals surface area contributed by atoms with E-state index in [9.17, 15) is 0 Å². The van der Waals surface area contributed by atoms with Gasteiger partial charge in [0.15, 0.2) is 11.5 Å². The summed E-state index contributed by atoms with van der Waals surface area (Å²) in [5.41, 5.74) is 6.25. The lowest BCUT2D eigenvalue weighted by molar-refractivity contribution is 0.171. The summed E-state index contributed by atoms with van der Waals surface area (Å²) in [6.07, 6.45) is 3.67. The molecule has 0 saturated heterocycles. The summed E-state index contributed by atoms with van der Waals surface area (Å²) < 4.78 is 16.2. The Bertz CT molecular complexity index is 446. The lowest BCUT2D eigenvalue weighted by Gasteiger charge is -2.21. The van der Waals surface area contributed by atoms with Crippen molar-refractivity contribution in [3.05, 3.63) is 22.7 Å². The van der Waals surface area contributed by atoms with Gasteiger partial charge >= 0.3 is 0 Å². The van der Waals surface area contributed by atoms with Crippen molar-refractivity contribution in [2.24, 2.45) is 5.73 Å². The Morgan fingerprint density at radius 2 is 2.24 bits per heavy atom. The molecule has 0 aliphatic carbocycles. The second-order valence-corrected chi connectivity index (χ2v) is 3.85. The van der Waals surface area contributed by atoms with E-state index in [1.165, 1.54) is 0 Å². The monoisotopic (exact) mass is 255 g/mol. The first-order valence-corrected chi connectivity index (χ1v) is 5.68. The fourth-order valence-corrected chi connectivity index (χ4v) is 2.01. The van der Waals surface area contributed by atoms with Gasteiger partial charge in [0.05, 0.1) is 7.11 Å². The minimum Gasteiger partial charge on any atom is -0.494 e. The van der Waals surface area contributed by atoms with Crippen molar-refractivity contribution in [2.45, 2.75) is 0 Å². The Labute approximate surface area is 105 Å². The topological polar surface area (TPSA) is 53.7 Å². The minimum absolute atomic E-state index is 0.432. The molecule has 92 valence electrons. The maximum absolute atomic E-state index is 6.22. The van der Waals surface area contributed by atoms with Crippen LogP contribution in [-0.4, -0.2) is 26.9 Å². The van der Waals surface area contributed by atoms with Crippen LogP contribution < -0.4 is 19.9 Å². The Morgan fingerprint density at radius 3 is 2.94 bits per heavy atom. The quantitative estimate of drug-likeness (QED) is 0.899. The highest BCUT2D eigenvalue weighted by Crippen LogP contribution is 2.45. The number of fused-ring (bicyclic) bond motifs is 1. The number of methoxy groups -OCH3 is 1. The summed E-state index contributed by atoms with van der Waals surface area (Å²) in [7, 11) is 1.57. The molecule has 0 spiro atoms. The third-order valence-electron chi connectivity index (χ3n) is 2.40. The van der Waals surface area contributed by atoms with E-state index in [4.69, 9.17) is 31.5 Å². The molecule has 1 aliphatic rings. The van der Waals surface area contributed by atoms with E-state index in [0.29, 0.717) is 42.0 Å². The van der Waals surface area contributed by atoms with Gasteiger partial charge in [0.1, 0.15) is 24.0 Å². The maximum atomic E-state index is 6.22. The van der Waals surface area contributed by atoms with E-state index in [-0.39, 0.29) is 0 Å². The molecular formula is C12H14ClNO3. The molecule has 0 saturated carbocycles. The fraction of sp³-hybridized carbons (Fsp3) is 0.333. The normalized spacial score (nSPS) is 14.1. The van der Waals surface area contributed by atoms with Crippen molar-refractivity contribution in [2.75, 3.05) is 26.9 Å². The highest BCUT2D eigenvalue weighted by Gasteiger charge is 2.21. The molecule has 0 fully saturated rings. The van der Waals surface area contributed by atoms with Crippen LogP contribution in [0, 0.1) is 0 Å². The molecule has 1 heterocycles. The Balaban J connectivity index is 2.51. The van der Waals surface area contributed by atoms with Gasteiger partial charge in [-0.2, -0.15) is 0 Å². The molecule has 0 atom stereocenters. The van der Waals surface area contributed by atoms with Gasteiger partial charge in [-0.1, -0.05) is 23.8 Å². The van der Waals surface area contributed by atoms with Crippen LogP contribution >= 0.6 is 11.6 Å². The van der Waals surface area contributed by atoms with Crippen LogP contribution in [0.5, 0.6) is 17.2 Å². The van der Waals surface area contributed by atoms with Crippen LogP contribution in [0.3, 0.4) is 0 Å². The molecule has 17 heavy (non-hydrogen) atoms. The zero-order chi connectivity index (χ0) is 12.3. The number of hydrogen-bond acceptors (Lipinski definition) is 4. The van der Waals surface area contributed by atoms with Crippen molar-refractivity contribution in [1.82, 2.24) is 0 Å². The van der Waals surface area contributed by atoms with Gasteiger partial charge < -0.3 is 19.9 Å². The van der Waals surface area contributed by atoms with Crippen molar-refractivity contribution in [1.29, 1.82) is 0 Å². The predicted octanol–water partition coefficient (Wildman–Crippen LogP) is 2.09. The molecule has 1 aromatic carbocycles. The summed E-state index contributed by atoms with van der Waals surface area (Å²) in [5, 5.41) is 0.432. The Kier molecular flexibility index (Phi) is 3.76. The Morgan fingerprint density at radius 1 is 1.47 bits per heavy atom. The number of halogens is 1. The molecule has 0 unspecified atom stereocenters. The largest absolute Gasteiger partial charge is 0.494 e. The van der Waals surface area contributed by atoms with Crippen LogP contribution in [0.25, 0.3) is 6.08 Å². The lowest BCUT2D eigenvalue weighted by Crippen LogP contribution is -2.16. The number of benzene rings is 1. The van der Waals surface area contributed by atoms with Crippen LogP contribution in [0.1, 0.15) is 5.56 Å². The first-order valence-electron chi connectivity index (χ1n) is 5.30. The molecule has 0 radical (unpaired) electrons. The molecule has 2 N–H and O–H groups in total. The standard InChI is InChI=1S/C12H14ClNO3/c1-15-11-8(3-2-4-14)7-9-12(10(11)13)17-6-5-16-9/h2-3,7H,4-6,14H2,1H3/b3-2+. The predicted molar refractivity (Wildman–Crippen MR) is 67.1 cm³/mol. The molecular weight excluding hydrogens is 242 g/mol. The van der Waals surface area contributed by atoms with Gasteiger partial charge in [0.2, 0.25) is 0 Å². The van der Waals surface area contributed by atoms with E-state index in [0.717, 1.165) is 5.56 Å². The highest BCUT2D eigenvalue weighted by molar-refractivity contribution is 6.34. The maximum Gasteiger partial charge on any atom is 0.183 e. The van der Waals surface area contributed by atoms with Gasteiger partial charge in [0, 0.05) is 12.1 Å². The molecule has 0 bridgehead atoms. The zero-order valence-corrected chi connectivity index (χ0v) is 10.3. The third-order valence-corrected chi connectivity index (χ3v) is 2.74. The summed E-state index contributed by atoms with van der Waals surface area (Å²) in [6, 6.07) is 1.84. The smallest absolute Gasteiger partial charge is 0.183 e. The molecule has 0 aromatic heterocycles. The minimum atomic E-state index is 0.432. The van der Waals surface area contributed by atoms with E-state index >= 15 is 0 Å². The molecule has 0 amide bonds. The summed E-state index contributed by atoms with van der Waals surface area (Å²) >= 11 is 6.22. The van der Waals surface area contributed by atoms with Crippen LogP contribution in [0.15, 0.2) is 12.1 Å². The SMILES string of the molecule is COc1c(/C=C/CN)cc2c(c1Cl)OCCO2. The summed E-state index contributed by atoms with van der Waals surface area (Å²) in [5.74, 6) is 1.75. The second kappa shape index (κ2) is 5.29. The van der Waals surface area contributed by atoms with Gasteiger partial charge in [0.25, 0.3) is 0 Å². The second-order valence-electron chi connectivity index (χ2n) is 3.48. The molecule has 1 aliphatic heterocycles. The van der Waals surface area contributed by atoms with Crippen LogP contribution in [0.2, 0.25) is 5.02 Å². The first kappa shape index (κ1) is 12.1. The van der Waals surface area contributed by atoms with Crippen molar-refractivity contribution >= 4 is 17.7 Å². The molecule has 5 heteroatoms. The van der Waals surface area contributed by atoms with E-state index in [2.05, 4.69) is 0 Å². The summed E-state index contributed by atoms with van der Waals surface area (Å²) in [4.78, 5) is 0. The first-order chi connectivity index (χ1) is 8.27. The van der Waals surface area contributed by atoms with Gasteiger partial charge in [-0.05, 0) is 6.07 Å². The number of nitrogens with two attached hydrogens (primary N) is 1. The fourth-order valence-electron chi connectivity index (χ4n) is 1.67. The van der Waals surface area contributed by atoms with E-state index < -0.39 is 0 Å².